The maximum Gasteiger partial charge on any atom is 0.407 e. The first-order valence-corrected chi connectivity index (χ1v) is 11.4. The number of fused-ring (bicyclic) bond motifs is 1. The van der Waals surface area contributed by atoms with E-state index in [2.05, 4.69) is 32.6 Å². The number of likely N-dealkylation sites (tertiary alicyclic amines) is 1. The van der Waals surface area contributed by atoms with Crippen LogP contribution in [0.3, 0.4) is 0 Å². The predicted molar refractivity (Wildman–Crippen MR) is 134 cm³/mol. The van der Waals surface area contributed by atoms with Gasteiger partial charge in [-0.15, -0.1) is 0 Å². The van der Waals surface area contributed by atoms with Gasteiger partial charge in [-0.05, 0) is 37.0 Å². The molecule has 1 aliphatic rings. The SMILES string of the molecule is COc1cc(C#Cc2nn([C@H]3CCN(C(=O)O)C3)c3c(C)c(C(C)(C)C)nc(N)c23)cc(OC)c1. The van der Waals surface area contributed by atoms with E-state index >= 15 is 0 Å². The first kappa shape index (κ1) is 24.2. The number of hydrogen-bond donors (Lipinski definition) is 2. The molecule has 3 aromatic rings. The van der Waals surface area contributed by atoms with Crippen molar-refractivity contribution >= 4 is 22.8 Å². The lowest BCUT2D eigenvalue weighted by Gasteiger charge is -2.22. The molecule has 9 nitrogen and oxygen atoms in total. The van der Waals surface area contributed by atoms with Crippen molar-refractivity contribution in [3.05, 3.63) is 40.7 Å². The van der Waals surface area contributed by atoms with E-state index in [9.17, 15) is 9.90 Å². The van der Waals surface area contributed by atoms with Gasteiger partial charge in [0.15, 0.2) is 0 Å². The number of methoxy groups -OCH3 is 2. The molecule has 4 rings (SSSR count). The monoisotopic (exact) mass is 477 g/mol. The highest BCUT2D eigenvalue weighted by atomic mass is 16.5. The summed E-state index contributed by atoms with van der Waals surface area (Å²) in [6, 6.07) is 5.31. The van der Waals surface area contributed by atoms with Gasteiger partial charge in [0.25, 0.3) is 0 Å². The number of ether oxygens (including phenoxy) is 2. The van der Waals surface area contributed by atoms with Crippen LogP contribution < -0.4 is 15.2 Å². The highest BCUT2D eigenvalue weighted by Gasteiger charge is 2.32. The Kier molecular flexibility index (Phi) is 6.24. The van der Waals surface area contributed by atoms with Gasteiger partial charge in [-0.1, -0.05) is 26.7 Å². The number of anilines is 1. The van der Waals surface area contributed by atoms with Gasteiger partial charge in [-0.3, -0.25) is 4.68 Å². The third-order valence-corrected chi connectivity index (χ3v) is 6.28. The summed E-state index contributed by atoms with van der Waals surface area (Å²) in [5.74, 6) is 7.95. The second-order valence-electron chi connectivity index (χ2n) is 9.76. The minimum absolute atomic E-state index is 0.116. The molecule has 3 heterocycles. The van der Waals surface area contributed by atoms with Crippen LogP contribution in [-0.4, -0.2) is 58.2 Å². The van der Waals surface area contributed by atoms with E-state index in [1.165, 1.54) is 4.90 Å². The molecular formula is C26H31N5O4. The fraction of sp³-hybridized carbons (Fsp3) is 0.423. The van der Waals surface area contributed by atoms with Gasteiger partial charge < -0.3 is 25.2 Å². The number of aryl methyl sites for hydroxylation is 1. The summed E-state index contributed by atoms with van der Waals surface area (Å²) in [6.07, 6.45) is -0.264. The van der Waals surface area contributed by atoms with Gasteiger partial charge in [0.2, 0.25) is 0 Å². The largest absolute Gasteiger partial charge is 0.497 e. The average Bonchev–Trinajstić information content (AvgIpc) is 3.44. The van der Waals surface area contributed by atoms with Crippen molar-refractivity contribution in [3.63, 3.8) is 0 Å². The molecule has 0 bridgehead atoms. The van der Waals surface area contributed by atoms with Crippen molar-refractivity contribution in [1.82, 2.24) is 19.7 Å². The molecule has 0 aliphatic carbocycles. The summed E-state index contributed by atoms with van der Waals surface area (Å²) in [6.45, 7) is 9.10. The van der Waals surface area contributed by atoms with E-state index in [1.807, 2.05) is 23.7 Å². The zero-order chi connectivity index (χ0) is 25.5. The number of carbonyl (C=O) groups is 1. The third kappa shape index (κ3) is 4.56. The molecule has 0 unspecified atom stereocenters. The van der Waals surface area contributed by atoms with Crippen LogP contribution in [-0.2, 0) is 5.41 Å². The van der Waals surface area contributed by atoms with E-state index in [0.29, 0.717) is 53.5 Å². The number of nitrogen functional groups attached to an aromatic ring is 1. The molecule has 0 spiro atoms. The summed E-state index contributed by atoms with van der Waals surface area (Å²) in [4.78, 5) is 17.7. The van der Waals surface area contributed by atoms with Crippen molar-refractivity contribution in [2.45, 2.75) is 45.6 Å². The van der Waals surface area contributed by atoms with E-state index in [-0.39, 0.29) is 11.5 Å². The Hall–Kier alpha value is -3.93. The van der Waals surface area contributed by atoms with Crippen LogP contribution in [0.15, 0.2) is 18.2 Å². The number of carboxylic acid groups (broad SMARTS) is 1. The highest BCUT2D eigenvalue weighted by Crippen LogP contribution is 2.36. The number of nitrogens with two attached hydrogens (primary N) is 1. The second kappa shape index (κ2) is 9.02. The summed E-state index contributed by atoms with van der Waals surface area (Å²) in [5, 5.41) is 15.0. The average molecular weight is 478 g/mol. The van der Waals surface area contributed by atoms with Crippen molar-refractivity contribution in [2.75, 3.05) is 33.0 Å². The van der Waals surface area contributed by atoms with Crippen LogP contribution in [0.5, 0.6) is 11.5 Å². The molecule has 1 saturated heterocycles. The van der Waals surface area contributed by atoms with Gasteiger partial charge in [-0.2, -0.15) is 5.10 Å². The fourth-order valence-corrected chi connectivity index (χ4v) is 4.62. The van der Waals surface area contributed by atoms with E-state index in [0.717, 1.165) is 16.8 Å². The Labute approximate surface area is 204 Å². The first-order valence-electron chi connectivity index (χ1n) is 11.4. The van der Waals surface area contributed by atoms with Crippen LogP contribution >= 0.6 is 0 Å². The Morgan fingerprint density at radius 1 is 1.17 bits per heavy atom. The lowest BCUT2D eigenvalue weighted by molar-refractivity contribution is 0.154. The molecule has 9 heteroatoms. The maximum absolute atomic E-state index is 11.5. The van der Waals surface area contributed by atoms with Crippen LogP contribution in [0.1, 0.15) is 55.7 Å². The lowest BCUT2D eigenvalue weighted by atomic mass is 9.88. The number of rotatable bonds is 3. The fourth-order valence-electron chi connectivity index (χ4n) is 4.62. The highest BCUT2D eigenvalue weighted by molar-refractivity contribution is 5.96. The second-order valence-corrected chi connectivity index (χ2v) is 9.76. The summed E-state index contributed by atoms with van der Waals surface area (Å²) < 4.78 is 12.6. The Morgan fingerprint density at radius 3 is 2.37 bits per heavy atom. The normalized spacial score (nSPS) is 15.7. The van der Waals surface area contributed by atoms with Crippen molar-refractivity contribution in [1.29, 1.82) is 0 Å². The first-order chi connectivity index (χ1) is 16.5. The van der Waals surface area contributed by atoms with Crippen molar-refractivity contribution in [2.24, 2.45) is 0 Å². The van der Waals surface area contributed by atoms with E-state index in [1.54, 1.807) is 20.3 Å². The van der Waals surface area contributed by atoms with Crippen molar-refractivity contribution in [3.8, 4) is 23.3 Å². The summed E-state index contributed by atoms with van der Waals surface area (Å²) >= 11 is 0. The standard InChI is InChI=1S/C26H31N5O4/c1-15-22-21(24(27)28-23(15)26(2,3)4)20(29-31(22)17-9-10-30(14-17)25(32)33)8-7-16-11-18(34-5)13-19(12-16)35-6/h11-13,17H,9-10,14H2,1-6H3,(H2,27,28)(H,32,33)/t17-/m0/s1. The predicted octanol–water partition coefficient (Wildman–Crippen LogP) is 3.96. The molecule has 35 heavy (non-hydrogen) atoms. The Bertz CT molecular complexity index is 1340. The zero-order valence-corrected chi connectivity index (χ0v) is 21.0. The van der Waals surface area contributed by atoms with E-state index < -0.39 is 6.09 Å². The number of pyridine rings is 1. The van der Waals surface area contributed by atoms with Crippen LogP contribution in [0, 0.1) is 18.8 Å². The van der Waals surface area contributed by atoms with Gasteiger partial charge in [-0.25, -0.2) is 9.78 Å². The zero-order valence-electron chi connectivity index (χ0n) is 21.0. The minimum atomic E-state index is -0.927. The molecule has 1 aliphatic heterocycles. The quantitative estimate of drug-likeness (QED) is 0.549. The van der Waals surface area contributed by atoms with Gasteiger partial charge in [0, 0.05) is 30.1 Å². The van der Waals surface area contributed by atoms with E-state index in [4.69, 9.17) is 25.3 Å². The minimum Gasteiger partial charge on any atom is -0.497 e. The smallest absolute Gasteiger partial charge is 0.407 e. The van der Waals surface area contributed by atoms with Crippen molar-refractivity contribution < 1.29 is 19.4 Å². The topological polar surface area (TPSA) is 116 Å². The molecular weight excluding hydrogens is 446 g/mol. The maximum atomic E-state index is 11.5. The number of nitrogens with zero attached hydrogens (tertiary/aromatic N) is 4. The van der Waals surface area contributed by atoms with Crippen LogP contribution in [0.2, 0.25) is 0 Å². The third-order valence-electron chi connectivity index (χ3n) is 6.28. The summed E-state index contributed by atoms with van der Waals surface area (Å²) in [5.41, 5.74) is 10.2. The van der Waals surface area contributed by atoms with Gasteiger partial charge in [0.05, 0.1) is 36.9 Å². The molecule has 1 atom stereocenters. The molecule has 1 fully saturated rings. The number of benzene rings is 1. The molecule has 0 radical (unpaired) electrons. The molecule has 3 N–H and O–H groups in total. The molecule has 1 amide bonds. The van der Waals surface area contributed by atoms with Crippen LogP contribution in [0.25, 0.3) is 10.9 Å². The number of amides is 1. The molecule has 0 saturated carbocycles. The number of hydrogen-bond acceptors (Lipinski definition) is 6. The number of aromatic nitrogens is 3. The van der Waals surface area contributed by atoms with Gasteiger partial charge in [0.1, 0.15) is 23.0 Å². The molecule has 2 aromatic heterocycles. The molecule has 184 valence electrons. The lowest BCUT2D eigenvalue weighted by Crippen LogP contribution is -2.27. The Balaban J connectivity index is 1.91. The molecule has 1 aromatic carbocycles. The summed E-state index contributed by atoms with van der Waals surface area (Å²) in [7, 11) is 3.18. The van der Waals surface area contributed by atoms with Gasteiger partial charge >= 0.3 is 6.09 Å². The van der Waals surface area contributed by atoms with Crippen LogP contribution in [0.4, 0.5) is 10.6 Å². The Morgan fingerprint density at radius 2 is 1.83 bits per heavy atom.